The number of nitrogens with one attached hydrogen (secondary N) is 2. The quantitative estimate of drug-likeness (QED) is 0.549. The average molecular weight is 398 g/mol. The summed E-state index contributed by atoms with van der Waals surface area (Å²) in [5.74, 6) is 3.27. The largest absolute Gasteiger partial charge is 0.490 e. The van der Waals surface area contributed by atoms with Crippen LogP contribution in [0.1, 0.15) is 32.8 Å². The van der Waals surface area contributed by atoms with Crippen molar-refractivity contribution in [2.75, 3.05) is 43.1 Å². The fourth-order valence-electron chi connectivity index (χ4n) is 3.10. The van der Waals surface area contributed by atoms with Gasteiger partial charge in [0.1, 0.15) is 5.82 Å². The molecule has 1 aliphatic heterocycles. The minimum absolute atomic E-state index is 0.547. The van der Waals surface area contributed by atoms with Gasteiger partial charge in [-0.15, -0.1) is 0 Å². The molecule has 0 saturated heterocycles. The molecule has 0 unspecified atom stereocenters. The average Bonchev–Trinajstić information content (AvgIpc) is 2.99. The van der Waals surface area contributed by atoms with E-state index in [1.54, 1.807) is 0 Å². The Hall–Kier alpha value is -2.96. The van der Waals surface area contributed by atoms with Crippen molar-refractivity contribution in [3.8, 4) is 11.5 Å². The first-order valence-corrected chi connectivity index (χ1v) is 10.4. The summed E-state index contributed by atoms with van der Waals surface area (Å²) in [5.41, 5.74) is 1.97. The zero-order valence-corrected chi connectivity index (χ0v) is 17.6. The number of ether oxygens (including phenoxy) is 2. The van der Waals surface area contributed by atoms with Crippen molar-refractivity contribution in [2.24, 2.45) is 4.99 Å². The first-order chi connectivity index (χ1) is 14.2. The van der Waals surface area contributed by atoms with E-state index in [0.29, 0.717) is 19.8 Å². The van der Waals surface area contributed by atoms with E-state index in [4.69, 9.17) is 14.5 Å². The van der Waals surface area contributed by atoms with Gasteiger partial charge in [0.25, 0.3) is 0 Å². The number of guanidine groups is 1. The lowest BCUT2D eigenvalue weighted by atomic mass is 10.2. The van der Waals surface area contributed by atoms with E-state index >= 15 is 0 Å². The zero-order valence-electron chi connectivity index (χ0n) is 17.6. The molecule has 1 aromatic heterocycles. The predicted molar refractivity (Wildman–Crippen MR) is 118 cm³/mol. The fourth-order valence-corrected chi connectivity index (χ4v) is 3.10. The number of anilines is 2. The van der Waals surface area contributed by atoms with Crippen molar-refractivity contribution < 1.29 is 9.47 Å². The van der Waals surface area contributed by atoms with E-state index in [0.717, 1.165) is 60.6 Å². The Balaban J connectivity index is 1.68. The number of hydrogen-bond acceptors (Lipinski definition) is 5. The summed E-state index contributed by atoms with van der Waals surface area (Å²) in [6.07, 6.45) is 2.79. The molecule has 2 N–H and O–H groups in total. The van der Waals surface area contributed by atoms with Crippen LogP contribution in [0.2, 0.25) is 0 Å². The Morgan fingerprint density at radius 3 is 2.55 bits per heavy atom. The molecule has 1 aromatic carbocycles. The predicted octanol–water partition coefficient (Wildman–Crippen LogP) is 3.67. The van der Waals surface area contributed by atoms with Crippen molar-refractivity contribution in [1.29, 1.82) is 0 Å². The molecule has 0 amide bonds. The molecule has 0 saturated carbocycles. The molecule has 3 rings (SSSR count). The first-order valence-electron chi connectivity index (χ1n) is 10.4. The lowest BCUT2D eigenvalue weighted by Crippen LogP contribution is -2.30. The van der Waals surface area contributed by atoms with Crippen molar-refractivity contribution >= 4 is 17.5 Å². The van der Waals surface area contributed by atoms with Gasteiger partial charge in [0.05, 0.1) is 19.8 Å². The lowest BCUT2D eigenvalue weighted by molar-refractivity contribution is 0.297. The summed E-state index contributed by atoms with van der Waals surface area (Å²) in [6.45, 7) is 10.9. The van der Waals surface area contributed by atoms with Crippen molar-refractivity contribution in [1.82, 2.24) is 10.3 Å². The maximum absolute atomic E-state index is 5.77. The van der Waals surface area contributed by atoms with Gasteiger partial charge >= 0.3 is 0 Å². The normalized spacial score (nSPS) is 13.6. The Labute approximate surface area is 173 Å². The van der Waals surface area contributed by atoms with Crippen LogP contribution in [0.15, 0.2) is 41.5 Å². The standard InChI is InChI=1S/C22H31N5O2/c1-4-23-22(25-16-17-8-11-21(24-15-17)27(5-2)6-3)26-18-9-10-19-20(14-18)29-13-7-12-28-19/h8-11,14-15H,4-7,12-13,16H2,1-3H3,(H2,23,25,26). The Morgan fingerprint density at radius 1 is 1.07 bits per heavy atom. The maximum atomic E-state index is 5.77. The van der Waals surface area contributed by atoms with Crippen LogP contribution in [0.25, 0.3) is 0 Å². The number of benzene rings is 1. The third kappa shape index (κ3) is 5.76. The molecule has 1 aliphatic rings. The Bertz CT molecular complexity index is 803. The van der Waals surface area contributed by atoms with Gasteiger partial charge in [0.2, 0.25) is 0 Å². The fraction of sp³-hybridized carbons (Fsp3) is 0.455. The second-order valence-corrected chi connectivity index (χ2v) is 6.73. The number of hydrogen-bond donors (Lipinski definition) is 2. The number of aliphatic imine (C=N–C) groups is 1. The monoisotopic (exact) mass is 397 g/mol. The molecule has 7 heteroatoms. The molecule has 29 heavy (non-hydrogen) atoms. The van der Waals surface area contributed by atoms with E-state index in [9.17, 15) is 0 Å². The van der Waals surface area contributed by atoms with Crippen molar-refractivity contribution in [3.63, 3.8) is 0 Å². The molecular weight excluding hydrogens is 366 g/mol. The summed E-state index contributed by atoms with van der Waals surface area (Å²) >= 11 is 0. The van der Waals surface area contributed by atoms with Crippen LogP contribution >= 0.6 is 0 Å². The molecule has 7 nitrogen and oxygen atoms in total. The van der Waals surface area contributed by atoms with Gasteiger partial charge in [-0.3, -0.25) is 0 Å². The molecule has 0 atom stereocenters. The van der Waals surface area contributed by atoms with Crippen LogP contribution in [0.3, 0.4) is 0 Å². The Kier molecular flexibility index (Phi) is 7.55. The molecule has 0 fully saturated rings. The van der Waals surface area contributed by atoms with E-state index in [1.165, 1.54) is 0 Å². The molecule has 2 heterocycles. The molecular formula is C22H31N5O2. The minimum Gasteiger partial charge on any atom is -0.490 e. The summed E-state index contributed by atoms with van der Waals surface area (Å²) in [7, 11) is 0. The number of nitrogens with zero attached hydrogens (tertiary/aromatic N) is 3. The topological polar surface area (TPSA) is 71.0 Å². The molecule has 0 bridgehead atoms. The van der Waals surface area contributed by atoms with E-state index < -0.39 is 0 Å². The molecule has 156 valence electrons. The van der Waals surface area contributed by atoms with E-state index in [2.05, 4.69) is 46.5 Å². The van der Waals surface area contributed by atoms with Gasteiger partial charge in [-0.05, 0) is 44.5 Å². The first kappa shape index (κ1) is 20.8. The van der Waals surface area contributed by atoms with E-state index in [-0.39, 0.29) is 0 Å². The maximum Gasteiger partial charge on any atom is 0.196 e. The van der Waals surface area contributed by atoms with Gasteiger partial charge in [-0.1, -0.05) is 6.07 Å². The van der Waals surface area contributed by atoms with Crippen LogP contribution < -0.4 is 25.0 Å². The highest BCUT2D eigenvalue weighted by Gasteiger charge is 2.11. The summed E-state index contributed by atoms with van der Waals surface area (Å²) in [6, 6.07) is 10.0. The summed E-state index contributed by atoms with van der Waals surface area (Å²) in [5, 5.41) is 6.62. The van der Waals surface area contributed by atoms with Crippen LogP contribution in [0, 0.1) is 0 Å². The van der Waals surface area contributed by atoms with Crippen LogP contribution in [0.5, 0.6) is 11.5 Å². The summed E-state index contributed by atoms with van der Waals surface area (Å²) in [4.78, 5) is 11.5. The highest BCUT2D eigenvalue weighted by Crippen LogP contribution is 2.32. The third-order valence-electron chi connectivity index (χ3n) is 4.67. The van der Waals surface area contributed by atoms with Crippen molar-refractivity contribution in [3.05, 3.63) is 42.1 Å². The number of aromatic nitrogens is 1. The smallest absolute Gasteiger partial charge is 0.196 e. The van der Waals surface area contributed by atoms with Crippen LogP contribution in [-0.4, -0.2) is 43.8 Å². The van der Waals surface area contributed by atoms with Gasteiger partial charge in [0.15, 0.2) is 17.5 Å². The molecule has 0 spiro atoms. The SMILES string of the molecule is CCNC(=NCc1ccc(N(CC)CC)nc1)Nc1ccc2c(c1)OCCCO2. The molecule has 0 aliphatic carbocycles. The third-order valence-corrected chi connectivity index (χ3v) is 4.67. The highest BCUT2D eigenvalue weighted by molar-refractivity contribution is 5.93. The zero-order chi connectivity index (χ0) is 20.5. The van der Waals surface area contributed by atoms with Crippen molar-refractivity contribution in [2.45, 2.75) is 33.7 Å². The highest BCUT2D eigenvalue weighted by atomic mass is 16.5. The van der Waals surface area contributed by atoms with Gasteiger partial charge < -0.3 is 25.0 Å². The summed E-state index contributed by atoms with van der Waals surface area (Å²) < 4.78 is 11.5. The second kappa shape index (κ2) is 10.5. The lowest BCUT2D eigenvalue weighted by Gasteiger charge is -2.19. The minimum atomic E-state index is 0.547. The van der Waals surface area contributed by atoms with Crippen LogP contribution in [0.4, 0.5) is 11.5 Å². The van der Waals surface area contributed by atoms with Gasteiger partial charge in [0, 0.05) is 44.0 Å². The van der Waals surface area contributed by atoms with Crippen LogP contribution in [-0.2, 0) is 6.54 Å². The number of pyridine rings is 1. The number of rotatable bonds is 7. The second-order valence-electron chi connectivity index (χ2n) is 6.73. The Morgan fingerprint density at radius 2 is 1.86 bits per heavy atom. The number of fused-ring (bicyclic) bond motifs is 1. The van der Waals surface area contributed by atoms with Gasteiger partial charge in [-0.2, -0.15) is 0 Å². The van der Waals surface area contributed by atoms with E-state index in [1.807, 2.05) is 31.3 Å². The molecule has 2 aromatic rings. The molecule has 0 radical (unpaired) electrons. The van der Waals surface area contributed by atoms with Gasteiger partial charge in [-0.25, -0.2) is 9.98 Å².